The van der Waals surface area contributed by atoms with Crippen LogP contribution in [0.5, 0.6) is 0 Å². The van der Waals surface area contributed by atoms with Gasteiger partial charge in [-0.15, -0.1) is 0 Å². The number of hydrogen-bond acceptors (Lipinski definition) is 4. The summed E-state index contributed by atoms with van der Waals surface area (Å²) in [6, 6.07) is 20.1. The lowest BCUT2D eigenvalue weighted by Crippen LogP contribution is -2.50. The molecule has 1 unspecified atom stereocenters. The van der Waals surface area contributed by atoms with Crippen molar-refractivity contribution >= 4 is 29.1 Å². The number of nitrogens with zero attached hydrogens (tertiary/aromatic N) is 1. The third-order valence-corrected chi connectivity index (χ3v) is 6.38. The summed E-state index contributed by atoms with van der Waals surface area (Å²) in [4.78, 5) is 40.8. The Morgan fingerprint density at radius 3 is 2.26 bits per heavy atom. The number of anilines is 2. The van der Waals surface area contributed by atoms with Crippen molar-refractivity contribution in [1.29, 1.82) is 0 Å². The molecular formula is C29H22F3N3O4. The summed E-state index contributed by atoms with van der Waals surface area (Å²) in [5.74, 6) is -1.42. The summed E-state index contributed by atoms with van der Waals surface area (Å²) in [5.41, 5.74) is 1.38. The number of hydrogen-bond donors (Lipinski definition) is 2. The van der Waals surface area contributed by atoms with Crippen LogP contribution in [0.15, 0.2) is 95.6 Å². The van der Waals surface area contributed by atoms with Crippen LogP contribution in [0.1, 0.15) is 37.6 Å². The van der Waals surface area contributed by atoms with Crippen LogP contribution in [-0.4, -0.2) is 28.7 Å². The molecule has 198 valence electrons. The number of nitrogens with one attached hydrogen (secondary N) is 2. The summed E-state index contributed by atoms with van der Waals surface area (Å²) in [7, 11) is 0. The Morgan fingerprint density at radius 1 is 0.821 bits per heavy atom. The maximum Gasteiger partial charge on any atom is 0.416 e. The van der Waals surface area contributed by atoms with Crippen molar-refractivity contribution in [3.63, 3.8) is 0 Å². The lowest BCUT2D eigenvalue weighted by molar-refractivity contribution is -0.137. The minimum absolute atomic E-state index is 0.0165. The lowest BCUT2D eigenvalue weighted by atomic mass is 9.93. The Hall–Kier alpha value is -4.86. The number of halogens is 3. The van der Waals surface area contributed by atoms with Gasteiger partial charge in [0, 0.05) is 29.9 Å². The zero-order valence-corrected chi connectivity index (χ0v) is 20.4. The molecule has 0 aliphatic carbocycles. The van der Waals surface area contributed by atoms with Crippen molar-refractivity contribution in [2.75, 3.05) is 10.6 Å². The van der Waals surface area contributed by atoms with Crippen LogP contribution < -0.4 is 10.6 Å². The van der Waals surface area contributed by atoms with Crippen molar-refractivity contribution in [2.45, 2.75) is 25.2 Å². The number of amides is 3. The molecule has 2 heterocycles. The number of rotatable bonds is 5. The van der Waals surface area contributed by atoms with Gasteiger partial charge in [-0.1, -0.05) is 36.4 Å². The molecule has 1 atom stereocenters. The first-order valence-corrected chi connectivity index (χ1v) is 12.0. The van der Waals surface area contributed by atoms with Crippen LogP contribution >= 0.6 is 0 Å². The largest absolute Gasteiger partial charge is 0.459 e. The highest BCUT2D eigenvalue weighted by Crippen LogP contribution is 2.31. The quantitative estimate of drug-likeness (QED) is 0.342. The van der Waals surface area contributed by atoms with Gasteiger partial charge in [0.15, 0.2) is 5.76 Å². The number of fused-ring (bicyclic) bond motifs is 1. The van der Waals surface area contributed by atoms with Crippen LogP contribution in [0.4, 0.5) is 24.5 Å². The van der Waals surface area contributed by atoms with E-state index in [1.807, 2.05) is 24.3 Å². The van der Waals surface area contributed by atoms with E-state index in [0.29, 0.717) is 5.69 Å². The minimum Gasteiger partial charge on any atom is -0.459 e. The highest BCUT2D eigenvalue weighted by molar-refractivity contribution is 6.06. The summed E-state index contributed by atoms with van der Waals surface area (Å²) in [6.07, 6.45) is -2.88. The second-order valence-corrected chi connectivity index (χ2v) is 9.00. The molecule has 39 heavy (non-hydrogen) atoms. The summed E-state index contributed by atoms with van der Waals surface area (Å²) in [6.45, 7) is 0.216. The Morgan fingerprint density at radius 2 is 1.54 bits per heavy atom. The van der Waals surface area contributed by atoms with E-state index in [9.17, 15) is 27.6 Å². The first kappa shape index (κ1) is 25.8. The van der Waals surface area contributed by atoms with Crippen LogP contribution in [0.2, 0.25) is 0 Å². The average molecular weight is 534 g/mol. The number of alkyl halides is 3. The van der Waals surface area contributed by atoms with Gasteiger partial charge >= 0.3 is 6.18 Å². The highest BCUT2D eigenvalue weighted by atomic mass is 19.4. The monoisotopic (exact) mass is 533 g/mol. The molecule has 3 amide bonds. The smallest absolute Gasteiger partial charge is 0.416 e. The van der Waals surface area contributed by atoms with E-state index in [-0.39, 0.29) is 30.0 Å². The Balaban J connectivity index is 1.34. The van der Waals surface area contributed by atoms with E-state index in [4.69, 9.17) is 4.42 Å². The van der Waals surface area contributed by atoms with Crippen LogP contribution in [-0.2, 0) is 23.9 Å². The van der Waals surface area contributed by atoms with Gasteiger partial charge in [-0.3, -0.25) is 14.4 Å². The topological polar surface area (TPSA) is 91.7 Å². The minimum atomic E-state index is -4.54. The molecule has 0 spiro atoms. The first-order valence-electron chi connectivity index (χ1n) is 12.0. The maximum absolute atomic E-state index is 13.4. The molecule has 5 rings (SSSR count). The Kier molecular flexibility index (Phi) is 6.93. The van der Waals surface area contributed by atoms with Crippen molar-refractivity contribution < 1.29 is 32.0 Å². The van der Waals surface area contributed by atoms with Crippen molar-refractivity contribution in [2.24, 2.45) is 0 Å². The van der Waals surface area contributed by atoms with E-state index in [1.165, 1.54) is 41.5 Å². The number of furan rings is 1. The van der Waals surface area contributed by atoms with Gasteiger partial charge in [0.25, 0.3) is 11.8 Å². The van der Waals surface area contributed by atoms with Crippen molar-refractivity contribution in [3.05, 3.63) is 119 Å². The zero-order valence-electron chi connectivity index (χ0n) is 20.4. The van der Waals surface area contributed by atoms with Crippen LogP contribution in [0.25, 0.3) is 0 Å². The molecule has 4 aromatic rings. The molecule has 1 aromatic heterocycles. The Labute approximate surface area is 221 Å². The normalized spacial score (nSPS) is 14.8. The molecule has 0 saturated heterocycles. The summed E-state index contributed by atoms with van der Waals surface area (Å²) >= 11 is 0. The highest BCUT2D eigenvalue weighted by Gasteiger charge is 2.36. The summed E-state index contributed by atoms with van der Waals surface area (Å²) in [5, 5.41) is 5.22. The van der Waals surface area contributed by atoms with Gasteiger partial charge < -0.3 is 20.0 Å². The molecule has 0 fully saturated rings. The Bertz CT molecular complexity index is 1530. The first-order chi connectivity index (χ1) is 18.7. The molecule has 3 aromatic carbocycles. The number of benzene rings is 3. The van der Waals surface area contributed by atoms with E-state index >= 15 is 0 Å². The number of carbonyl (C=O) groups is 3. The van der Waals surface area contributed by atoms with Gasteiger partial charge in [0.2, 0.25) is 5.91 Å². The van der Waals surface area contributed by atoms with E-state index in [2.05, 4.69) is 10.6 Å². The second-order valence-electron chi connectivity index (χ2n) is 9.00. The molecular weight excluding hydrogens is 511 g/mol. The molecule has 1 aliphatic heterocycles. The molecule has 0 bridgehead atoms. The molecule has 7 nitrogen and oxygen atoms in total. The van der Waals surface area contributed by atoms with Gasteiger partial charge in [-0.2, -0.15) is 13.2 Å². The molecule has 0 radical (unpaired) electrons. The third kappa shape index (κ3) is 5.69. The van der Waals surface area contributed by atoms with E-state index < -0.39 is 35.5 Å². The van der Waals surface area contributed by atoms with E-state index in [1.54, 1.807) is 18.2 Å². The molecule has 1 aliphatic rings. The predicted octanol–water partition coefficient (Wildman–Crippen LogP) is 5.76. The van der Waals surface area contributed by atoms with Gasteiger partial charge in [-0.25, -0.2) is 0 Å². The van der Waals surface area contributed by atoms with E-state index in [0.717, 1.165) is 23.3 Å². The van der Waals surface area contributed by atoms with Gasteiger partial charge in [0.1, 0.15) is 6.04 Å². The zero-order chi connectivity index (χ0) is 27.6. The molecule has 2 N–H and O–H groups in total. The van der Waals surface area contributed by atoms with Crippen LogP contribution in [0, 0.1) is 0 Å². The maximum atomic E-state index is 13.4. The molecule has 0 saturated carbocycles. The fourth-order valence-corrected chi connectivity index (χ4v) is 4.45. The summed E-state index contributed by atoms with van der Waals surface area (Å²) < 4.78 is 44.3. The fourth-order valence-electron chi connectivity index (χ4n) is 4.45. The van der Waals surface area contributed by atoms with Crippen molar-refractivity contribution in [3.8, 4) is 0 Å². The van der Waals surface area contributed by atoms with Gasteiger partial charge in [0.05, 0.1) is 11.8 Å². The van der Waals surface area contributed by atoms with Crippen LogP contribution in [0.3, 0.4) is 0 Å². The third-order valence-electron chi connectivity index (χ3n) is 6.38. The standard InChI is InChI=1S/C29H22F3N3O4/c30-29(31,32)21-9-4-11-23(16-21)33-26(36)19-8-3-10-22(14-19)34-27(37)24-15-18-6-1-2-7-20(18)17-35(24)28(38)25-12-5-13-39-25/h1-14,16,24H,15,17H2,(H,33,36)(H,34,37). The SMILES string of the molecule is O=C(Nc1cccc(C(F)(F)F)c1)c1cccc(NC(=O)C2Cc3ccccc3CN2C(=O)c2ccco2)c1. The lowest BCUT2D eigenvalue weighted by Gasteiger charge is -2.35. The predicted molar refractivity (Wildman–Crippen MR) is 137 cm³/mol. The average Bonchev–Trinajstić information content (AvgIpc) is 3.47. The fraction of sp³-hybridized carbons (Fsp3) is 0.138. The molecule has 10 heteroatoms. The second kappa shape index (κ2) is 10.5. The number of carbonyl (C=O) groups excluding carboxylic acids is 3. The van der Waals surface area contributed by atoms with Gasteiger partial charge in [-0.05, 0) is 59.7 Å². The van der Waals surface area contributed by atoms with Crippen molar-refractivity contribution in [1.82, 2.24) is 4.90 Å².